The average molecular weight is 436 g/mol. The van der Waals surface area contributed by atoms with Gasteiger partial charge in [0.05, 0.1) is 23.6 Å². The van der Waals surface area contributed by atoms with E-state index in [1.54, 1.807) is 29.9 Å². The Morgan fingerprint density at radius 1 is 1.16 bits per heavy atom. The Hall–Kier alpha value is -2.97. The molecule has 0 aliphatic heterocycles. The molecule has 0 bridgehead atoms. The zero-order chi connectivity index (χ0) is 22.9. The Labute approximate surface area is 177 Å². The predicted molar refractivity (Wildman–Crippen MR) is 108 cm³/mol. The minimum Gasteiger partial charge on any atom is -0.324 e. The van der Waals surface area contributed by atoms with Crippen LogP contribution in [0.2, 0.25) is 0 Å². The molecular formula is C22H24F4N4O. The summed E-state index contributed by atoms with van der Waals surface area (Å²) in [6.07, 6.45) is -1.74. The van der Waals surface area contributed by atoms with Gasteiger partial charge in [-0.2, -0.15) is 18.3 Å². The Balaban J connectivity index is 1.92. The SMILES string of the molecule is CCC(C(=O)Cc1cnn(-c2ccc(F)cc2)c1C(C)C)n1cc(C(F)(F)F)nc1C. The lowest BCUT2D eigenvalue weighted by atomic mass is 9.98. The summed E-state index contributed by atoms with van der Waals surface area (Å²) in [6, 6.07) is 5.10. The second-order valence-corrected chi connectivity index (χ2v) is 7.74. The first-order chi connectivity index (χ1) is 14.5. The second kappa shape index (κ2) is 8.64. The van der Waals surface area contributed by atoms with Crippen LogP contribution in [0.1, 0.15) is 61.9 Å². The first kappa shape index (κ1) is 22.7. The molecule has 0 aliphatic carbocycles. The van der Waals surface area contributed by atoms with E-state index >= 15 is 0 Å². The molecule has 0 spiro atoms. The number of aryl methyl sites for hydroxylation is 1. The number of hydrogen-bond acceptors (Lipinski definition) is 3. The van der Waals surface area contributed by atoms with Crippen LogP contribution in [-0.4, -0.2) is 25.1 Å². The molecule has 1 unspecified atom stereocenters. The van der Waals surface area contributed by atoms with Crippen molar-refractivity contribution in [3.63, 3.8) is 0 Å². The fraction of sp³-hybridized carbons (Fsp3) is 0.409. The molecule has 3 rings (SSSR count). The van der Waals surface area contributed by atoms with Gasteiger partial charge in [-0.15, -0.1) is 0 Å². The van der Waals surface area contributed by atoms with E-state index in [0.717, 1.165) is 11.9 Å². The van der Waals surface area contributed by atoms with Gasteiger partial charge in [-0.25, -0.2) is 14.1 Å². The van der Waals surface area contributed by atoms with E-state index in [-0.39, 0.29) is 29.8 Å². The molecule has 0 aliphatic rings. The lowest BCUT2D eigenvalue weighted by Crippen LogP contribution is -2.22. The first-order valence-electron chi connectivity index (χ1n) is 10.0. The highest BCUT2D eigenvalue weighted by molar-refractivity contribution is 5.85. The van der Waals surface area contributed by atoms with Crippen molar-refractivity contribution in [2.45, 2.75) is 58.7 Å². The van der Waals surface area contributed by atoms with Crippen LogP contribution in [0.5, 0.6) is 0 Å². The lowest BCUT2D eigenvalue weighted by Gasteiger charge is -2.18. The molecule has 0 saturated heterocycles. The van der Waals surface area contributed by atoms with Crippen molar-refractivity contribution in [3.8, 4) is 5.69 Å². The number of aromatic nitrogens is 4. The normalized spacial score (nSPS) is 13.1. The van der Waals surface area contributed by atoms with E-state index in [9.17, 15) is 22.4 Å². The van der Waals surface area contributed by atoms with Gasteiger partial charge in [-0.05, 0) is 43.5 Å². The number of imidazole rings is 1. The van der Waals surface area contributed by atoms with E-state index in [4.69, 9.17) is 0 Å². The number of carbonyl (C=O) groups excluding carboxylic acids is 1. The van der Waals surface area contributed by atoms with Crippen LogP contribution in [0.25, 0.3) is 5.69 Å². The maximum Gasteiger partial charge on any atom is 0.434 e. The van der Waals surface area contributed by atoms with Crippen molar-refractivity contribution in [2.75, 3.05) is 0 Å². The zero-order valence-electron chi connectivity index (χ0n) is 17.7. The number of halogens is 4. The molecule has 3 aromatic rings. The van der Waals surface area contributed by atoms with Gasteiger partial charge in [0.2, 0.25) is 0 Å². The summed E-state index contributed by atoms with van der Waals surface area (Å²) in [4.78, 5) is 16.7. The quantitative estimate of drug-likeness (QED) is 0.465. The number of carbonyl (C=O) groups is 1. The molecular weight excluding hydrogens is 412 g/mol. The molecule has 0 fully saturated rings. The lowest BCUT2D eigenvalue weighted by molar-refractivity contribution is -0.141. The highest BCUT2D eigenvalue weighted by Crippen LogP contribution is 2.31. The third-order valence-corrected chi connectivity index (χ3v) is 5.17. The van der Waals surface area contributed by atoms with E-state index in [2.05, 4.69) is 10.1 Å². The summed E-state index contributed by atoms with van der Waals surface area (Å²) in [7, 11) is 0. The molecule has 31 heavy (non-hydrogen) atoms. The fourth-order valence-corrected chi connectivity index (χ4v) is 3.75. The minimum atomic E-state index is -4.57. The molecule has 5 nitrogen and oxygen atoms in total. The zero-order valence-corrected chi connectivity index (χ0v) is 17.7. The van der Waals surface area contributed by atoms with Crippen LogP contribution in [0, 0.1) is 12.7 Å². The Kier molecular flexibility index (Phi) is 6.33. The number of hydrogen-bond donors (Lipinski definition) is 0. The summed E-state index contributed by atoms with van der Waals surface area (Å²) < 4.78 is 55.3. The number of nitrogens with zero attached hydrogens (tertiary/aromatic N) is 4. The predicted octanol–water partition coefficient (Wildman–Crippen LogP) is 5.42. The standard InChI is InChI=1S/C22H24F4N4O/c1-5-18(29-12-20(22(24,25)26)28-14(29)4)19(31)10-15-11-27-30(21(15)13(2)3)17-8-6-16(23)7-9-17/h6-9,11-13,18H,5,10H2,1-4H3. The molecule has 2 aromatic heterocycles. The van der Waals surface area contributed by atoms with E-state index in [0.29, 0.717) is 17.7 Å². The third kappa shape index (κ3) is 4.70. The summed E-state index contributed by atoms with van der Waals surface area (Å²) in [5, 5.41) is 4.38. The molecule has 9 heteroatoms. The minimum absolute atomic E-state index is 0.0160. The van der Waals surface area contributed by atoms with E-state index in [1.807, 2.05) is 13.8 Å². The number of rotatable bonds is 7. The molecule has 0 radical (unpaired) electrons. The van der Waals surface area contributed by atoms with Crippen LogP contribution in [0.15, 0.2) is 36.7 Å². The molecule has 1 atom stereocenters. The van der Waals surface area contributed by atoms with Gasteiger partial charge in [0.25, 0.3) is 0 Å². The van der Waals surface area contributed by atoms with Crippen LogP contribution in [-0.2, 0) is 17.4 Å². The van der Waals surface area contributed by atoms with Crippen molar-refractivity contribution >= 4 is 5.78 Å². The maximum atomic E-state index is 13.3. The van der Waals surface area contributed by atoms with Crippen molar-refractivity contribution in [3.05, 3.63) is 65.3 Å². The first-order valence-corrected chi connectivity index (χ1v) is 10.0. The number of benzene rings is 1. The van der Waals surface area contributed by atoms with Gasteiger partial charge in [0.15, 0.2) is 11.5 Å². The Morgan fingerprint density at radius 3 is 2.32 bits per heavy atom. The molecule has 0 amide bonds. The molecule has 0 N–H and O–H groups in total. The fourth-order valence-electron chi connectivity index (χ4n) is 3.75. The van der Waals surface area contributed by atoms with Gasteiger partial charge < -0.3 is 4.57 Å². The molecule has 1 aromatic carbocycles. The smallest absolute Gasteiger partial charge is 0.324 e. The van der Waals surface area contributed by atoms with Crippen LogP contribution in [0.3, 0.4) is 0 Å². The van der Waals surface area contributed by atoms with Crippen LogP contribution >= 0.6 is 0 Å². The summed E-state index contributed by atoms with van der Waals surface area (Å²) in [6.45, 7) is 7.12. The summed E-state index contributed by atoms with van der Waals surface area (Å²) in [5.74, 6) is -0.435. The highest BCUT2D eigenvalue weighted by Gasteiger charge is 2.35. The Morgan fingerprint density at radius 2 is 1.81 bits per heavy atom. The monoisotopic (exact) mass is 436 g/mol. The molecule has 2 heterocycles. The molecule has 166 valence electrons. The average Bonchev–Trinajstić information content (AvgIpc) is 3.27. The van der Waals surface area contributed by atoms with Crippen molar-refractivity contribution in [1.82, 2.24) is 19.3 Å². The number of Topliss-reactive ketones (excluding diaryl/α,β-unsaturated/α-hetero) is 1. The van der Waals surface area contributed by atoms with Crippen molar-refractivity contribution in [1.29, 1.82) is 0 Å². The van der Waals surface area contributed by atoms with Crippen LogP contribution < -0.4 is 0 Å². The van der Waals surface area contributed by atoms with Gasteiger partial charge in [-0.3, -0.25) is 4.79 Å². The largest absolute Gasteiger partial charge is 0.434 e. The van der Waals surface area contributed by atoms with Crippen molar-refractivity contribution in [2.24, 2.45) is 0 Å². The van der Waals surface area contributed by atoms with Gasteiger partial charge in [0.1, 0.15) is 11.6 Å². The highest BCUT2D eigenvalue weighted by atomic mass is 19.4. The van der Waals surface area contributed by atoms with Gasteiger partial charge >= 0.3 is 6.18 Å². The number of alkyl halides is 3. The van der Waals surface area contributed by atoms with Gasteiger partial charge in [-0.1, -0.05) is 20.8 Å². The number of ketones is 1. The van der Waals surface area contributed by atoms with E-state index < -0.39 is 17.9 Å². The summed E-state index contributed by atoms with van der Waals surface area (Å²) >= 11 is 0. The van der Waals surface area contributed by atoms with E-state index in [1.165, 1.54) is 23.6 Å². The molecule has 0 saturated carbocycles. The maximum absolute atomic E-state index is 13.3. The van der Waals surface area contributed by atoms with Gasteiger partial charge in [0, 0.05) is 18.2 Å². The summed E-state index contributed by atoms with van der Waals surface area (Å²) in [5.41, 5.74) is 1.14. The van der Waals surface area contributed by atoms with Crippen molar-refractivity contribution < 1.29 is 22.4 Å². The third-order valence-electron chi connectivity index (χ3n) is 5.17. The topological polar surface area (TPSA) is 52.7 Å². The van der Waals surface area contributed by atoms with Crippen LogP contribution in [0.4, 0.5) is 17.6 Å². The second-order valence-electron chi connectivity index (χ2n) is 7.74. The Bertz CT molecular complexity index is 1060.